The molecule has 7 nitrogen and oxygen atoms in total. The Labute approximate surface area is 105 Å². The molecule has 0 aromatic rings. The number of nitrogens with one attached hydrogen (secondary N) is 1. The molecule has 5 N–H and O–H groups in total. The topological polar surface area (TPSA) is 130 Å². The zero-order valence-electron chi connectivity index (χ0n) is 10.5. The molecule has 0 aliphatic heterocycles. The summed E-state index contributed by atoms with van der Waals surface area (Å²) < 4.78 is 0. The van der Waals surface area contributed by atoms with Crippen LogP contribution < -0.4 is 11.1 Å². The van der Waals surface area contributed by atoms with Gasteiger partial charge in [-0.2, -0.15) is 0 Å². The van der Waals surface area contributed by atoms with Crippen LogP contribution in [0.4, 0.5) is 0 Å². The standard InChI is InChI=1S/C11H20N2O5/c1-6(2)3-7(11(17)18)5-13-10(16)8(12)4-9(14)15/h6-8H,3-5,12H2,1-2H3,(H,13,16)(H,14,15)(H,17,18). The average Bonchev–Trinajstić information content (AvgIpc) is 2.21. The number of rotatable bonds is 8. The molecule has 0 spiro atoms. The Balaban J connectivity index is 4.22. The Morgan fingerprint density at radius 3 is 2.17 bits per heavy atom. The first-order valence-electron chi connectivity index (χ1n) is 5.72. The first kappa shape index (κ1) is 16.4. The summed E-state index contributed by atoms with van der Waals surface area (Å²) in [5.41, 5.74) is 5.34. The number of carbonyl (C=O) groups is 3. The molecule has 0 aliphatic carbocycles. The number of carbonyl (C=O) groups excluding carboxylic acids is 1. The average molecular weight is 260 g/mol. The van der Waals surface area contributed by atoms with Gasteiger partial charge in [-0.1, -0.05) is 13.8 Å². The van der Waals surface area contributed by atoms with Crippen molar-refractivity contribution in [2.45, 2.75) is 32.7 Å². The van der Waals surface area contributed by atoms with Gasteiger partial charge in [0.25, 0.3) is 0 Å². The molecule has 0 saturated carbocycles. The van der Waals surface area contributed by atoms with E-state index < -0.39 is 36.2 Å². The second kappa shape index (κ2) is 7.65. The van der Waals surface area contributed by atoms with E-state index in [0.29, 0.717) is 6.42 Å². The van der Waals surface area contributed by atoms with E-state index in [9.17, 15) is 14.4 Å². The lowest BCUT2D eigenvalue weighted by atomic mass is 9.97. The molecular weight excluding hydrogens is 240 g/mol. The normalized spacial score (nSPS) is 14.0. The first-order valence-corrected chi connectivity index (χ1v) is 5.72. The molecule has 0 rings (SSSR count). The molecule has 0 heterocycles. The molecule has 2 unspecified atom stereocenters. The summed E-state index contributed by atoms with van der Waals surface area (Å²) in [6.45, 7) is 3.72. The van der Waals surface area contributed by atoms with Crippen LogP contribution in [0.25, 0.3) is 0 Å². The third-order valence-electron chi connectivity index (χ3n) is 2.36. The van der Waals surface area contributed by atoms with Crippen LogP contribution in [0.2, 0.25) is 0 Å². The van der Waals surface area contributed by atoms with Crippen LogP contribution in [0.1, 0.15) is 26.7 Å². The molecular formula is C11H20N2O5. The minimum Gasteiger partial charge on any atom is -0.481 e. The smallest absolute Gasteiger partial charge is 0.308 e. The van der Waals surface area contributed by atoms with Crippen LogP contribution in [-0.2, 0) is 14.4 Å². The predicted molar refractivity (Wildman–Crippen MR) is 63.8 cm³/mol. The highest BCUT2D eigenvalue weighted by atomic mass is 16.4. The van der Waals surface area contributed by atoms with Crippen LogP contribution in [0, 0.1) is 11.8 Å². The predicted octanol–water partition coefficient (Wildman–Crippen LogP) is -0.348. The maximum Gasteiger partial charge on any atom is 0.308 e. The third-order valence-corrected chi connectivity index (χ3v) is 2.36. The van der Waals surface area contributed by atoms with E-state index in [1.54, 1.807) is 0 Å². The SMILES string of the molecule is CC(C)CC(CNC(=O)C(N)CC(=O)O)C(=O)O. The van der Waals surface area contributed by atoms with Crippen molar-refractivity contribution >= 4 is 17.8 Å². The van der Waals surface area contributed by atoms with Crippen molar-refractivity contribution in [1.29, 1.82) is 0 Å². The lowest BCUT2D eigenvalue weighted by Crippen LogP contribution is -2.44. The Bertz CT molecular complexity index is 317. The van der Waals surface area contributed by atoms with Crippen molar-refractivity contribution < 1.29 is 24.6 Å². The van der Waals surface area contributed by atoms with E-state index in [1.807, 2.05) is 13.8 Å². The van der Waals surface area contributed by atoms with Crippen molar-refractivity contribution in [2.24, 2.45) is 17.6 Å². The molecule has 2 atom stereocenters. The molecule has 18 heavy (non-hydrogen) atoms. The van der Waals surface area contributed by atoms with Gasteiger partial charge < -0.3 is 21.3 Å². The second-order valence-electron chi connectivity index (χ2n) is 4.61. The fourth-order valence-corrected chi connectivity index (χ4v) is 1.48. The summed E-state index contributed by atoms with van der Waals surface area (Å²) in [7, 11) is 0. The third kappa shape index (κ3) is 6.85. The quantitative estimate of drug-likeness (QED) is 0.472. The minimum atomic E-state index is -1.17. The summed E-state index contributed by atoms with van der Waals surface area (Å²) in [6, 6.07) is -1.16. The molecule has 0 saturated heterocycles. The number of carboxylic acids is 2. The van der Waals surface area contributed by atoms with Gasteiger partial charge in [-0.05, 0) is 12.3 Å². The highest BCUT2D eigenvalue weighted by Crippen LogP contribution is 2.11. The van der Waals surface area contributed by atoms with Crippen molar-refractivity contribution in [3.8, 4) is 0 Å². The second-order valence-corrected chi connectivity index (χ2v) is 4.61. The molecule has 0 bridgehead atoms. The maximum atomic E-state index is 11.4. The van der Waals surface area contributed by atoms with Crippen LogP contribution in [0.3, 0.4) is 0 Å². The molecule has 0 aromatic heterocycles. The van der Waals surface area contributed by atoms with Crippen LogP contribution in [0.15, 0.2) is 0 Å². The molecule has 7 heteroatoms. The van der Waals surface area contributed by atoms with Gasteiger partial charge in [-0.25, -0.2) is 0 Å². The highest BCUT2D eigenvalue weighted by molar-refractivity contribution is 5.86. The highest BCUT2D eigenvalue weighted by Gasteiger charge is 2.22. The maximum absolute atomic E-state index is 11.4. The molecule has 0 aromatic carbocycles. The Hall–Kier alpha value is -1.63. The van der Waals surface area contributed by atoms with Crippen LogP contribution >= 0.6 is 0 Å². The fourth-order valence-electron chi connectivity index (χ4n) is 1.48. The van der Waals surface area contributed by atoms with Crippen molar-refractivity contribution in [3.63, 3.8) is 0 Å². The zero-order valence-corrected chi connectivity index (χ0v) is 10.5. The van der Waals surface area contributed by atoms with Gasteiger partial charge in [0.05, 0.1) is 18.4 Å². The number of nitrogens with two attached hydrogens (primary N) is 1. The van der Waals surface area contributed by atoms with Crippen LogP contribution in [0.5, 0.6) is 0 Å². The van der Waals surface area contributed by atoms with E-state index in [2.05, 4.69) is 5.32 Å². The lowest BCUT2D eigenvalue weighted by Gasteiger charge is -2.16. The van der Waals surface area contributed by atoms with Gasteiger partial charge in [0.2, 0.25) is 5.91 Å². The molecule has 0 fully saturated rings. The Morgan fingerprint density at radius 1 is 1.22 bits per heavy atom. The number of hydrogen-bond acceptors (Lipinski definition) is 4. The minimum absolute atomic E-state index is 0.0420. The monoisotopic (exact) mass is 260 g/mol. The van der Waals surface area contributed by atoms with E-state index in [0.717, 1.165) is 0 Å². The lowest BCUT2D eigenvalue weighted by molar-refractivity contribution is -0.143. The van der Waals surface area contributed by atoms with E-state index >= 15 is 0 Å². The molecule has 104 valence electrons. The van der Waals surface area contributed by atoms with Gasteiger partial charge >= 0.3 is 11.9 Å². The van der Waals surface area contributed by atoms with E-state index in [1.165, 1.54) is 0 Å². The molecule has 0 aliphatic rings. The number of aliphatic carboxylic acids is 2. The summed E-state index contributed by atoms with van der Waals surface area (Å²) in [6.07, 6.45) is -0.0441. The van der Waals surface area contributed by atoms with E-state index in [-0.39, 0.29) is 12.5 Å². The summed E-state index contributed by atoms with van der Waals surface area (Å²) in [4.78, 5) is 32.7. The molecule has 1 amide bonds. The Morgan fingerprint density at radius 2 is 1.78 bits per heavy atom. The van der Waals surface area contributed by atoms with Crippen molar-refractivity contribution in [3.05, 3.63) is 0 Å². The summed E-state index contributed by atoms with van der Waals surface area (Å²) >= 11 is 0. The van der Waals surface area contributed by atoms with Crippen molar-refractivity contribution in [2.75, 3.05) is 6.54 Å². The molecule has 0 radical (unpaired) electrons. The van der Waals surface area contributed by atoms with Crippen LogP contribution in [-0.4, -0.2) is 40.6 Å². The zero-order chi connectivity index (χ0) is 14.3. The van der Waals surface area contributed by atoms with Crippen molar-refractivity contribution in [1.82, 2.24) is 5.32 Å². The van der Waals surface area contributed by atoms with E-state index in [4.69, 9.17) is 15.9 Å². The fraction of sp³-hybridized carbons (Fsp3) is 0.727. The van der Waals surface area contributed by atoms with Gasteiger partial charge in [0, 0.05) is 6.54 Å². The number of amides is 1. The van der Waals surface area contributed by atoms with Gasteiger partial charge in [-0.3, -0.25) is 14.4 Å². The van der Waals surface area contributed by atoms with Gasteiger partial charge in [-0.15, -0.1) is 0 Å². The van der Waals surface area contributed by atoms with Gasteiger partial charge in [0.15, 0.2) is 0 Å². The first-order chi connectivity index (χ1) is 8.23. The summed E-state index contributed by atoms with van der Waals surface area (Å²) in [5, 5.41) is 19.8. The largest absolute Gasteiger partial charge is 0.481 e. The summed E-state index contributed by atoms with van der Waals surface area (Å²) in [5.74, 6) is -3.31. The number of hydrogen-bond donors (Lipinski definition) is 4. The Kier molecular flexibility index (Phi) is 6.96. The van der Waals surface area contributed by atoms with Gasteiger partial charge in [0.1, 0.15) is 0 Å². The number of carboxylic acid groups (broad SMARTS) is 2.